The second-order valence-corrected chi connectivity index (χ2v) is 11.5. The Kier molecular flexibility index (Phi) is 5.83. The smallest absolute Gasteiger partial charge is 0.305 e. The topological polar surface area (TPSA) is 66.8 Å². The molecule has 4 aliphatic rings. The lowest BCUT2D eigenvalue weighted by atomic mass is 9.44. The number of hydrogen-bond donors (Lipinski definition) is 2. The maximum atomic E-state index is 11.6. The lowest BCUT2D eigenvalue weighted by Gasteiger charge is -2.62. The van der Waals surface area contributed by atoms with E-state index in [-0.39, 0.29) is 29.5 Å². The first kappa shape index (κ1) is 21.6. The van der Waals surface area contributed by atoms with Gasteiger partial charge in [-0.3, -0.25) is 4.79 Å². The number of carbonyl (C=O) groups excluding carboxylic acids is 1. The van der Waals surface area contributed by atoms with Crippen LogP contribution in [0.1, 0.15) is 85.0 Å². The van der Waals surface area contributed by atoms with Crippen LogP contribution in [0.4, 0.5) is 0 Å². The van der Waals surface area contributed by atoms with Crippen LogP contribution in [0.2, 0.25) is 0 Å². The predicted octanol–water partition coefficient (Wildman–Crippen LogP) is 4.57. The molecule has 0 aromatic carbocycles. The van der Waals surface area contributed by atoms with E-state index in [9.17, 15) is 15.0 Å². The van der Waals surface area contributed by atoms with Gasteiger partial charge >= 0.3 is 5.97 Å². The van der Waals surface area contributed by atoms with Crippen LogP contribution in [0, 0.1) is 46.3 Å². The van der Waals surface area contributed by atoms with Crippen LogP contribution in [-0.2, 0) is 9.53 Å². The molecule has 0 bridgehead atoms. The molecule has 29 heavy (non-hydrogen) atoms. The summed E-state index contributed by atoms with van der Waals surface area (Å²) in [4.78, 5) is 11.6. The van der Waals surface area contributed by atoms with Crippen molar-refractivity contribution in [1.82, 2.24) is 0 Å². The lowest BCUT2D eigenvalue weighted by Crippen LogP contribution is -2.58. The fourth-order valence-corrected chi connectivity index (χ4v) is 8.90. The fourth-order valence-electron chi connectivity index (χ4n) is 8.90. The van der Waals surface area contributed by atoms with Gasteiger partial charge in [-0.15, -0.1) is 0 Å². The van der Waals surface area contributed by atoms with Gasteiger partial charge in [-0.05, 0) is 104 Å². The first-order chi connectivity index (χ1) is 13.7. The van der Waals surface area contributed by atoms with E-state index in [1.165, 1.54) is 32.8 Å². The Labute approximate surface area is 176 Å². The van der Waals surface area contributed by atoms with Gasteiger partial charge in [0.2, 0.25) is 0 Å². The molecule has 4 saturated carbocycles. The number of carbonyl (C=O) groups is 1. The summed E-state index contributed by atoms with van der Waals surface area (Å²) in [6, 6.07) is 0. The number of aliphatic hydroxyl groups excluding tert-OH is 2. The van der Waals surface area contributed by atoms with Crippen molar-refractivity contribution < 1.29 is 19.7 Å². The first-order valence-corrected chi connectivity index (χ1v) is 12.1. The van der Waals surface area contributed by atoms with Crippen molar-refractivity contribution in [3.63, 3.8) is 0 Å². The third-order valence-corrected chi connectivity index (χ3v) is 10.4. The molecule has 0 heterocycles. The molecule has 4 heteroatoms. The van der Waals surface area contributed by atoms with Gasteiger partial charge < -0.3 is 14.9 Å². The van der Waals surface area contributed by atoms with Crippen molar-refractivity contribution >= 4 is 5.97 Å². The number of fused-ring (bicyclic) bond motifs is 5. The number of aliphatic hydroxyl groups is 2. The van der Waals surface area contributed by atoms with Crippen LogP contribution in [0.25, 0.3) is 0 Å². The summed E-state index contributed by atoms with van der Waals surface area (Å²) in [5.41, 5.74) is 0.533. The third-order valence-electron chi connectivity index (χ3n) is 10.4. The average molecular weight is 407 g/mol. The van der Waals surface area contributed by atoms with Crippen molar-refractivity contribution in [2.45, 2.75) is 97.2 Å². The number of ether oxygens (including phenoxy) is 1. The molecule has 4 rings (SSSR count). The first-order valence-electron chi connectivity index (χ1n) is 12.1. The Morgan fingerprint density at radius 2 is 1.69 bits per heavy atom. The van der Waals surface area contributed by atoms with Gasteiger partial charge in [0.05, 0.1) is 19.3 Å². The molecule has 10 atom stereocenters. The van der Waals surface area contributed by atoms with E-state index in [4.69, 9.17) is 4.74 Å². The Morgan fingerprint density at radius 1 is 1.00 bits per heavy atom. The number of rotatable bonds is 4. The van der Waals surface area contributed by atoms with Crippen LogP contribution >= 0.6 is 0 Å². The van der Waals surface area contributed by atoms with Gasteiger partial charge in [-0.25, -0.2) is 0 Å². The highest BCUT2D eigenvalue weighted by Crippen LogP contribution is 2.68. The maximum absolute atomic E-state index is 11.6. The third kappa shape index (κ3) is 3.46. The fraction of sp³-hybridized carbons (Fsp3) is 0.960. The zero-order valence-corrected chi connectivity index (χ0v) is 18.9. The number of hydrogen-bond acceptors (Lipinski definition) is 4. The highest BCUT2D eigenvalue weighted by molar-refractivity contribution is 5.69. The van der Waals surface area contributed by atoms with E-state index < -0.39 is 0 Å². The molecule has 2 N–H and O–H groups in total. The summed E-state index contributed by atoms with van der Waals surface area (Å²) in [5, 5.41) is 21.3. The summed E-state index contributed by atoms with van der Waals surface area (Å²) in [6.07, 6.45) is 9.77. The summed E-state index contributed by atoms with van der Waals surface area (Å²) in [7, 11) is 1.48. The van der Waals surface area contributed by atoms with Gasteiger partial charge in [-0.1, -0.05) is 20.8 Å². The highest BCUT2D eigenvalue weighted by Gasteiger charge is 2.62. The van der Waals surface area contributed by atoms with Crippen LogP contribution in [0.5, 0.6) is 0 Å². The standard InChI is InChI=1S/C25H42O4/c1-15(5-8-23(28)29-4)18-6-7-19-17-14-22(27)21-13-16(26)9-11-25(21,3)20(17)10-12-24(18,19)2/h15-22,26-27H,5-14H2,1-4H3/t15-,16-,17?,18-,19?,20?,21+,22+,24?,25-/m1/s1. The van der Waals surface area contributed by atoms with Crippen molar-refractivity contribution in [3.8, 4) is 0 Å². The minimum atomic E-state index is -0.255. The summed E-state index contributed by atoms with van der Waals surface area (Å²) in [6.45, 7) is 7.28. The SMILES string of the molecule is COC(=O)CC[C@@H](C)[C@H]1CCC2C3C[C@H](O)[C@@H]4C[C@H](O)CC[C@]4(C)C3CCC21C. The van der Waals surface area contributed by atoms with Crippen molar-refractivity contribution in [1.29, 1.82) is 0 Å². The van der Waals surface area contributed by atoms with Crippen LogP contribution in [-0.4, -0.2) is 35.5 Å². The number of esters is 1. The molecule has 0 amide bonds. The van der Waals surface area contributed by atoms with Crippen LogP contribution in [0.15, 0.2) is 0 Å². The maximum Gasteiger partial charge on any atom is 0.305 e. The molecule has 4 fully saturated rings. The van der Waals surface area contributed by atoms with E-state index in [0.717, 1.165) is 32.1 Å². The van der Waals surface area contributed by atoms with Gasteiger partial charge in [-0.2, -0.15) is 0 Å². The minimum absolute atomic E-state index is 0.0888. The lowest BCUT2D eigenvalue weighted by molar-refractivity contribution is -0.172. The van der Waals surface area contributed by atoms with Crippen molar-refractivity contribution in [2.75, 3.05) is 7.11 Å². The van der Waals surface area contributed by atoms with Gasteiger partial charge in [0.25, 0.3) is 0 Å². The quantitative estimate of drug-likeness (QED) is 0.671. The Bertz CT molecular complexity index is 620. The molecular formula is C25H42O4. The normalized spacial score (nSPS) is 50.2. The molecule has 4 nitrogen and oxygen atoms in total. The molecule has 4 unspecified atom stereocenters. The van der Waals surface area contributed by atoms with Crippen LogP contribution < -0.4 is 0 Å². The van der Waals surface area contributed by atoms with Crippen LogP contribution in [0.3, 0.4) is 0 Å². The molecule has 0 aromatic heterocycles. The second-order valence-electron chi connectivity index (χ2n) is 11.5. The monoisotopic (exact) mass is 406 g/mol. The van der Waals surface area contributed by atoms with Crippen molar-refractivity contribution in [3.05, 3.63) is 0 Å². The Morgan fingerprint density at radius 3 is 2.41 bits per heavy atom. The molecule has 0 aromatic rings. The zero-order valence-electron chi connectivity index (χ0n) is 18.9. The molecule has 0 aliphatic heterocycles. The molecule has 4 aliphatic carbocycles. The van der Waals surface area contributed by atoms with E-state index in [1.54, 1.807) is 0 Å². The Balaban J connectivity index is 1.52. The zero-order chi connectivity index (χ0) is 21.0. The van der Waals surface area contributed by atoms with Gasteiger partial charge in [0.1, 0.15) is 0 Å². The second kappa shape index (κ2) is 7.82. The molecule has 0 spiro atoms. The molecule has 166 valence electrons. The summed E-state index contributed by atoms with van der Waals surface area (Å²) >= 11 is 0. The number of methoxy groups -OCH3 is 1. The molecular weight excluding hydrogens is 364 g/mol. The minimum Gasteiger partial charge on any atom is -0.469 e. The highest BCUT2D eigenvalue weighted by atomic mass is 16.5. The van der Waals surface area contributed by atoms with E-state index in [1.807, 2.05) is 0 Å². The van der Waals surface area contributed by atoms with E-state index >= 15 is 0 Å². The van der Waals surface area contributed by atoms with Gasteiger partial charge in [0, 0.05) is 6.42 Å². The average Bonchev–Trinajstić information content (AvgIpc) is 3.05. The van der Waals surface area contributed by atoms with E-state index in [0.29, 0.717) is 41.4 Å². The summed E-state index contributed by atoms with van der Waals surface area (Å²) in [5.74, 6) is 3.42. The summed E-state index contributed by atoms with van der Waals surface area (Å²) < 4.78 is 4.86. The Hall–Kier alpha value is -0.610. The van der Waals surface area contributed by atoms with Crippen molar-refractivity contribution in [2.24, 2.45) is 46.3 Å². The molecule has 0 radical (unpaired) electrons. The van der Waals surface area contributed by atoms with Gasteiger partial charge in [0.15, 0.2) is 0 Å². The largest absolute Gasteiger partial charge is 0.469 e. The molecule has 0 saturated heterocycles. The van der Waals surface area contributed by atoms with E-state index in [2.05, 4.69) is 20.8 Å². The predicted molar refractivity (Wildman–Crippen MR) is 113 cm³/mol.